The summed E-state index contributed by atoms with van der Waals surface area (Å²) in [6.45, 7) is 2.54. The fourth-order valence-corrected chi connectivity index (χ4v) is 3.30. The highest BCUT2D eigenvalue weighted by molar-refractivity contribution is 7.13. The lowest BCUT2D eigenvalue weighted by Gasteiger charge is -2.21. The third-order valence-electron chi connectivity index (χ3n) is 3.92. The summed E-state index contributed by atoms with van der Waals surface area (Å²) in [5.41, 5.74) is 1.12. The molecule has 6 nitrogen and oxygen atoms in total. The molecule has 0 bridgehead atoms. The number of aromatic nitrogens is 1. The van der Waals surface area contributed by atoms with Crippen molar-refractivity contribution >= 4 is 28.2 Å². The third kappa shape index (κ3) is 3.92. The molecular formula is C16H20N4O2S. The standard InChI is InChI=1S/C16H20N4O2S/c1-22-14-5-3-2-4-13(14)20-8-6-12(11-20)10-18-15(21)19-16-17-7-9-23-16/h2-5,7,9,12H,6,8,10-11H2,1H3,(H2,17,18,19,21)/t12-/m0/s1. The summed E-state index contributed by atoms with van der Waals surface area (Å²) in [5.74, 6) is 1.32. The number of thiazole rings is 1. The van der Waals surface area contributed by atoms with Crippen LogP contribution in [0.15, 0.2) is 35.8 Å². The predicted octanol–water partition coefficient (Wildman–Crippen LogP) is 2.80. The van der Waals surface area contributed by atoms with Gasteiger partial charge in [-0.15, -0.1) is 11.3 Å². The summed E-state index contributed by atoms with van der Waals surface area (Å²) in [6, 6.07) is 7.84. The van der Waals surface area contributed by atoms with Gasteiger partial charge in [-0.2, -0.15) is 0 Å². The molecule has 0 aliphatic carbocycles. The summed E-state index contributed by atoms with van der Waals surface area (Å²) in [4.78, 5) is 18.2. The van der Waals surface area contributed by atoms with Gasteiger partial charge in [0.1, 0.15) is 5.75 Å². The van der Waals surface area contributed by atoms with E-state index < -0.39 is 0 Å². The van der Waals surface area contributed by atoms with E-state index in [0.29, 0.717) is 17.6 Å². The van der Waals surface area contributed by atoms with Gasteiger partial charge in [0.15, 0.2) is 5.13 Å². The number of nitrogens with one attached hydrogen (secondary N) is 2. The van der Waals surface area contributed by atoms with Gasteiger partial charge in [-0.05, 0) is 24.5 Å². The highest BCUT2D eigenvalue weighted by Crippen LogP contribution is 2.31. The van der Waals surface area contributed by atoms with E-state index in [2.05, 4.69) is 26.6 Å². The normalized spacial score (nSPS) is 17.1. The summed E-state index contributed by atoms with van der Waals surface area (Å²) in [5, 5.41) is 8.10. The number of para-hydroxylation sites is 2. The molecule has 3 rings (SSSR count). The molecule has 1 aliphatic rings. The first-order valence-corrected chi connectivity index (χ1v) is 8.46. The van der Waals surface area contributed by atoms with Crippen molar-refractivity contribution < 1.29 is 9.53 Å². The maximum Gasteiger partial charge on any atom is 0.321 e. The molecule has 2 heterocycles. The Morgan fingerprint density at radius 1 is 1.48 bits per heavy atom. The summed E-state index contributed by atoms with van der Waals surface area (Å²) in [7, 11) is 1.69. The lowest BCUT2D eigenvalue weighted by molar-refractivity contribution is 0.250. The second kappa shape index (κ2) is 7.32. The van der Waals surface area contributed by atoms with E-state index in [-0.39, 0.29) is 6.03 Å². The van der Waals surface area contributed by atoms with Crippen LogP contribution in [0.3, 0.4) is 0 Å². The first-order valence-electron chi connectivity index (χ1n) is 7.58. The lowest BCUT2D eigenvalue weighted by Crippen LogP contribution is -2.34. The van der Waals surface area contributed by atoms with E-state index in [9.17, 15) is 4.79 Å². The molecule has 1 atom stereocenters. The molecule has 1 aliphatic heterocycles. The zero-order valence-electron chi connectivity index (χ0n) is 13.0. The third-order valence-corrected chi connectivity index (χ3v) is 4.60. The van der Waals surface area contributed by atoms with Gasteiger partial charge in [-0.25, -0.2) is 9.78 Å². The van der Waals surface area contributed by atoms with E-state index >= 15 is 0 Å². The molecule has 0 unspecified atom stereocenters. The lowest BCUT2D eigenvalue weighted by atomic mass is 10.1. The Balaban J connectivity index is 1.49. The van der Waals surface area contributed by atoms with Crippen LogP contribution in [0.1, 0.15) is 6.42 Å². The minimum absolute atomic E-state index is 0.198. The van der Waals surface area contributed by atoms with Crippen LogP contribution in [0, 0.1) is 5.92 Å². The van der Waals surface area contributed by atoms with Crippen molar-refractivity contribution in [3.05, 3.63) is 35.8 Å². The van der Waals surface area contributed by atoms with Crippen LogP contribution in [0.5, 0.6) is 5.75 Å². The zero-order chi connectivity index (χ0) is 16.1. The Bertz CT molecular complexity index is 647. The first-order chi connectivity index (χ1) is 11.3. The molecule has 23 heavy (non-hydrogen) atoms. The maximum absolute atomic E-state index is 11.8. The van der Waals surface area contributed by atoms with Gasteiger partial charge in [0, 0.05) is 31.2 Å². The summed E-state index contributed by atoms with van der Waals surface area (Å²) >= 11 is 1.41. The largest absolute Gasteiger partial charge is 0.495 e. The Kier molecular flexibility index (Phi) is 4.97. The number of nitrogens with zero attached hydrogens (tertiary/aromatic N) is 2. The van der Waals surface area contributed by atoms with Gasteiger partial charge < -0.3 is 15.0 Å². The molecule has 1 aromatic carbocycles. The van der Waals surface area contributed by atoms with Gasteiger partial charge in [-0.1, -0.05) is 12.1 Å². The molecule has 1 saturated heterocycles. The molecule has 2 N–H and O–H groups in total. The number of carbonyl (C=O) groups is 1. The van der Waals surface area contributed by atoms with Crippen molar-refractivity contribution in [3.63, 3.8) is 0 Å². The number of rotatable bonds is 5. The minimum Gasteiger partial charge on any atom is -0.495 e. The average Bonchev–Trinajstić information content (AvgIpc) is 3.24. The fourth-order valence-electron chi connectivity index (χ4n) is 2.77. The number of amides is 2. The Labute approximate surface area is 139 Å². The van der Waals surface area contributed by atoms with Crippen molar-refractivity contribution in [3.8, 4) is 5.75 Å². The number of hydrogen-bond acceptors (Lipinski definition) is 5. The van der Waals surface area contributed by atoms with Gasteiger partial charge in [0.05, 0.1) is 12.8 Å². The van der Waals surface area contributed by atoms with E-state index in [0.717, 1.165) is 30.9 Å². The Morgan fingerprint density at radius 2 is 2.35 bits per heavy atom. The first kappa shape index (κ1) is 15.6. The SMILES string of the molecule is COc1ccccc1N1CC[C@@H](CNC(=O)Nc2nccs2)C1. The number of hydrogen-bond donors (Lipinski definition) is 2. The van der Waals surface area contributed by atoms with E-state index in [1.807, 2.05) is 23.6 Å². The zero-order valence-corrected chi connectivity index (χ0v) is 13.8. The number of ether oxygens (including phenoxy) is 1. The monoisotopic (exact) mass is 332 g/mol. The molecule has 7 heteroatoms. The number of benzene rings is 1. The predicted molar refractivity (Wildman–Crippen MR) is 92.4 cm³/mol. The van der Waals surface area contributed by atoms with E-state index in [1.54, 1.807) is 13.3 Å². The van der Waals surface area contributed by atoms with Crippen LogP contribution in [-0.4, -0.2) is 37.8 Å². The molecule has 2 aromatic rings. The van der Waals surface area contributed by atoms with Crippen molar-refractivity contribution in [2.24, 2.45) is 5.92 Å². The molecule has 2 amide bonds. The minimum atomic E-state index is -0.198. The number of anilines is 2. The average molecular weight is 332 g/mol. The molecule has 122 valence electrons. The highest BCUT2D eigenvalue weighted by atomic mass is 32.1. The summed E-state index contributed by atoms with van der Waals surface area (Å²) < 4.78 is 5.42. The van der Waals surface area contributed by atoms with Gasteiger partial charge >= 0.3 is 6.03 Å². The van der Waals surface area contributed by atoms with Crippen molar-refractivity contribution in [1.29, 1.82) is 0 Å². The van der Waals surface area contributed by atoms with Crippen molar-refractivity contribution in [2.75, 3.05) is 37.0 Å². The molecule has 0 spiro atoms. The Hall–Kier alpha value is -2.28. The molecule has 1 aromatic heterocycles. The number of carbonyl (C=O) groups excluding carboxylic acids is 1. The maximum atomic E-state index is 11.8. The van der Waals surface area contributed by atoms with Gasteiger partial charge in [0.2, 0.25) is 0 Å². The van der Waals surface area contributed by atoms with Crippen LogP contribution in [-0.2, 0) is 0 Å². The molecular weight excluding hydrogens is 312 g/mol. The van der Waals surface area contributed by atoms with Crippen LogP contribution in [0.25, 0.3) is 0 Å². The molecule has 1 fully saturated rings. The van der Waals surface area contributed by atoms with E-state index in [1.165, 1.54) is 11.3 Å². The molecule has 0 saturated carbocycles. The second-order valence-electron chi connectivity index (χ2n) is 5.44. The van der Waals surface area contributed by atoms with Gasteiger partial charge in [0.25, 0.3) is 0 Å². The van der Waals surface area contributed by atoms with Crippen molar-refractivity contribution in [2.45, 2.75) is 6.42 Å². The van der Waals surface area contributed by atoms with Gasteiger partial charge in [-0.3, -0.25) is 5.32 Å². The van der Waals surface area contributed by atoms with Crippen molar-refractivity contribution in [1.82, 2.24) is 10.3 Å². The van der Waals surface area contributed by atoms with E-state index in [4.69, 9.17) is 4.74 Å². The number of urea groups is 1. The Morgan fingerprint density at radius 3 is 3.13 bits per heavy atom. The fraction of sp³-hybridized carbons (Fsp3) is 0.375. The van der Waals surface area contributed by atoms with Crippen LogP contribution in [0.2, 0.25) is 0 Å². The van der Waals surface area contributed by atoms with Crippen LogP contribution < -0.4 is 20.3 Å². The number of methoxy groups -OCH3 is 1. The van der Waals surface area contributed by atoms with Crippen LogP contribution >= 0.6 is 11.3 Å². The summed E-state index contributed by atoms with van der Waals surface area (Å²) in [6.07, 6.45) is 2.72. The smallest absolute Gasteiger partial charge is 0.321 e. The second-order valence-corrected chi connectivity index (χ2v) is 6.34. The molecule has 0 radical (unpaired) electrons. The topological polar surface area (TPSA) is 66.5 Å². The van der Waals surface area contributed by atoms with Crippen LogP contribution in [0.4, 0.5) is 15.6 Å². The highest BCUT2D eigenvalue weighted by Gasteiger charge is 2.24. The quantitative estimate of drug-likeness (QED) is 0.883.